The minimum Gasteiger partial charge on any atom is -0.459 e. The van der Waals surface area contributed by atoms with E-state index in [1.165, 1.54) is 87.6 Å². The zero-order chi connectivity index (χ0) is 61.7. The zero-order valence-electron chi connectivity index (χ0n) is 52.0. The number of nitrogens with zero attached hydrogens (tertiary/aromatic N) is 6. The van der Waals surface area contributed by atoms with Gasteiger partial charge in [0.05, 0.1) is 12.6 Å². The highest BCUT2D eigenvalue weighted by Gasteiger charge is 2.46. The first kappa shape index (κ1) is 73.4. The summed E-state index contributed by atoms with van der Waals surface area (Å²) in [7, 11) is 8.72. The molecule has 22 nitrogen and oxygen atoms in total. The highest BCUT2D eigenvalue weighted by molar-refractivity contribution is 5.98. The molecule has 0 aromatic rings. The van der Waals surface area contributed by atoms with E-state index >= 15 is 9.59 Å². The number of esters is 1. The third-order valence-corrected chi connectivity index (χ3v) is 14.3. The van der Waals surface area contributed by atoms with Gasteiger partial charge in [0.1, 0.15) is 54.4 Å². The minimum absolute atomic E-state index is 0.00760. The summed E-state index contributed by atoms with van der Waals surface area (Å²) in [5.74, 6) is -7.71. The van der Waals surface area contributed by atoms with Gasteiger partial charge in [-0.1, -0.05) is 95.2 Å². The number of nitrogens with two attached hydrogens (primary N) is 1. The smallest absolute Gasteiger partial charge is 0.303 e. The Kier molecular flexibility index (Phi) is 32.0. The third-order valence-electron chi connectivity index (χ3n) is 14.3. The molecule has 22 heteroatoms. The van der Waals surface area contributed by atoms with E-state index in [0.717, 1.165) is 4.90 Å². The molecule has 454 valence electrons. The van der Waals surface area contributed by atoms with Crippen molar-refractivity contribution in [3.8, 4) is 0 Å². The number of carbonyl (C=O) groups is 10. The van der Waals surface area contributed by atoms with E-state index in [4.69, 9.17) is 10.5 Å². The Bertz CT molecular complexity index is 2070. The summed E-state index contributed by atoms with van der Waals surface area (Å²) < 4.78 is 5.84. The maximum absolute atomic E-state index is 15.1. The van der Waals surface area contributed by atoms with Crippen LogP contribution < -0.4 is 21.7 Å². The standard InChI is InChI=1S/C57H104N10O12/c1-23-25-26-37(13)48(79-40(16)69)47(51(72)61-41(24-2)53(74)62(17)27-28-68)67(22)57(78)46(36(11)12)66(21)55(76)44(31-34(7)8)65(20)54(75)43(30-33(5)6)64(19)52(73)39(15)60-49(70)38(14)59-50(71)42(29-32(3)4)63(18)56(77)45(58)35(9)10/h23,25,32-39,41-48,68H,24,26-31,58H2,1-22H3,(H,59,71)(H,60,70)(H,61,72)/t37-,38+,39-,41+,42+,43+,44+,45+,46+,47+,48-/m1/s1. The predicted molar refractivity (Wildman–Crippen MR) is 305 cm³/mol. The van der Waals surface area contributed by atoms with Gasteiger partial charge in [0.25, 0.3) is 0 Å². The number of hydrogen-bond donors (Lipinski definition) is 5. The first-order chi connectivity index (χ1) is 36.5. The van der Waals surface area contributed by atoms with Gasteiger partial charge < -0.3 is 60.9 Å². The van der Waals surface area contributed by atoms with Gasteiger partial charge in [-0.3, -0.25) is 47.9 Å². The van der Waals surface area contributed by atoms with Gasteiger partial charge in [0.15, 0.2) is 0 Å². The van der Waals surface area contributed by atoms with Crippen LogP contribution in [0.1, 0.15) is 143 Å². The maximum Gasteiger partial charge on any atom is 0.303 e. The molecule has 0 saturated heterocycles. The second-order valence-electron chi connectivity index (χ2n) is 23.4. The average Bonchev–Trinajstić information content (AvgIpc) is 3.36. The molecule has 0 aromatic heterocycles. The molecule has 11 atom stereocenters. The number of nitrogens with one attached hydrogen (secondary N) is 3. The van der Waals surface area contributed by atoms with Gasteiger partial charge in [-0.2, -0.15) is 0 Å². The molecule has 0 aliphatic heterocycles. The van der Waals surface area contributed by atoms with Crippen LogP contribution in [0.4, 0.5) is 0 Å². The Labute approximate surface area is 473 Å². The Hall–Kier alpha value is -5.64. The van der Waals surface area contributed by atoms with Crippen LogP contribution in [0.3, 0.4) is 0 Å². The second kappa shape index (κ2) is 34.5. The number of hydrogen-bond acceptors (Lipinski definition) is 13. The second-order valence-corrected chi connectivity index (χ2v) is 23.4. The average molecular weight is 1120 g/mol. The van der Waals surface area contributed by atoms with E-state index in [9.17, 15) is 43.5 Å². The molecule has 0 fully saturated rings. The number of allylic oxidation sites excluding steroid dienone is 2. The Morgan fingerprint density at radius 3 is 1.41 bits per heavy atom. The monoisotopic (exact) mass is 1120 g/mol. The van der Waals surface area contributed by atoms with Gasteiger partial charge in [-0.15, -0.1) is 0 Å². The van der Waals surface area contributed by atoms with Crippen LogP contribution in [0, 0.1) is 35.5 Å². The van der Waals surface area contributed by atoms with Crippen LogP contribution in [-0.4, -0.2) is 210 Å². The van der Waals surface area contributed by atoms with Crippen LogP contribution >= 0.6 is 0 Å². The van der Waals surface area contributed by atoms with Gasteiger partial charge in [0, 0.05) is 55.8 Å². The fourth-order valence-electron chi connectivity index (χ4n) is 9.38. The van der Waals surface area contributed by atoms with Crippen LogP contribution in [-0.2, 0) is 52.7 Å². The van der Waals surface area contributed by atoms with Crippen molar-refractivity contribution in [2.75, 3.05) is 55.4 Å². The first-order valence-electron chi connectivity index (χ1n) is 28.1. The largest absolute Gasteiger partial charge is 0.459 e. The maximum atomic E-state index is 15.1. The molecule has 0 aliphatic carbocycles. The lowest BCUT2D eigenvalue weighted by Crippen LogP contribution is -2.64. The van der Waals surface area contributed by atoms with Gasteiger partial charge >= 0.3 is 5.97 Å². The summed E-state index contributed by atoms with van der Waals surface area (Å²) in [5, 5.41) is 17.6. The lowest BCUT2D eigenvalue weighted by atomic mass is 9.91. The number of aliphatic hydroxyl groups is 1. The van der Waals surface area contributed by atoms with E-state index in [-0.39, 0.29) is 56.1 Å². The van der Waals surface area contributed by atoms with Gasteiger partial charge in [-0.05, 0) is 88.4 Å². The van der Waals surface area contributed by atoms with Crippen molar-refractivity contribution in [1.82, 2.24) is 45.3 Å². The predicted octanol–water partition coefficient (Wildman–Crippen LogP) is 2.79. The molecule has 0 rings (SSSR count). The summed E-state index contributed by atoms with van der Waals surface area (Å²) in [6.45, 7) is 27.4. The van der Waals surface area contributed by atoms with Gasteiger partial charge in [0.2, 0.25) is 53.2 Å². The Morgan fingerprint density at radius 2 is 0.975 bits per heavy atom. The summed E-state index contributed by atoms with van der Waals surface area (Å²) in [5.41, 5.74) is 6.14. The molecule has 0 bridgehead atoms. The van der Waals surface area contributed by atoms with Crippen molar-refractivity contribution in [2.24, 2.45) is 41.2 Å². The first-order valence-corrected chi connectivity index (χ1v) is 28.1. The number of aliphatic hydroxyl groups excluding tert-OH is 1. The summed E-state index contributed by atoms with van der Waals surface area (Å²) >= 11 is 0. The Morgan fingerprint density at radius 1 is 0.532 bits per heavy atom. The minimum atomic E-state index is -1.50. The zero-order valence-corrected chi connectivity index (χ0v) is 52.0. The third kappa shape index (κ3) is 22.1. The van der Waals surface area contributed by atoms with Gasteiger partial charge in [-0.25, -0.2) is 0 Å². The summed E-state index contributed by atoms with van der Waals surface area (Å²) in [6.07, 6.45) is 3.53. The molecule has 0 spiro atoms. The molecule has 0 aromatic carbocycles. The topological polar surface area (TPSA) is 282 Å². The lowest BCUT2D eigenvalue weighted by molar-refractivity contribution is -0.164. The van der Waals surface area contributed by atoms with E-state index in [0.29, 0.717) is 12.8 Å². The van der Waals surface area contributed by atoms with Crippen molar-refractivity contribution < 1.29 is 57.8 Å². The van der Waals surface area contributed by atoms with Crippen LogP contribution in [0.2, 0.25) is 0 Å². The SMILES string of the molecule is CC=CC[C@@H](C)[C@@H](OC(C)=O)[C@@H](C(=O)N[C@@H](CC)C(=O)N(C)CCO)N(C)C(=O)[C@H](C(C)C)N(C)C(=O)[C@H](CC(C)C)N(C)C(=O)[C@H](CC(C)C)N(C)C(=O)[C@@H](C)NC(=O)[C@H](C)NC(=O)[C@H](CC(C)C)N(C)C(=O)[C@@H](N)C(C)C. The van der Waals surface area contributed by atoms with Crippen LogP contribution in [0.15, 0.2) is 12.2 Å². The number of ether oxygens (including phenoxy) is 1. The van der Waals surface area contributed by atoms with Crippen molar-refractivity contribution in [3.05, 3.63) is 12.2 Å². The quantitative estimate of drug-likeness (QED) is 0.0468. The van der Waals surface area contributed by atoms with Crippen LogP contribution in [0.5, 0.6) is 0 Å². The van der Waals surface area contributed by atoms with E-state index < -0.39 is 131 Å². The molecule has 0 unspecified atom stereocenters. The molecule has 0 saturated carbocycles. The number of likely N-dealkylation sites (N-methyl/N-ethyl adjacent to an activating group) is 6. The van der Waals surface area contributed by atoms with Crippen molar-refractivity contribution >= 4 is 59.1 Å². The fourth-order valence-corrected chi connectivity index (χ4v) is 9.38. The lowest BCUT2D eigenvalue weighted by Gasteiger charge is -2.42. The van der Waals surface area contributed by atoms with Crippen molar-refractivity contribution in [3.63, 3.8) is 0 Å². The fraction of sp³-hybridized carbons (Fsp3) is 0.789. The highest BCUT2D eigenvalue weighted by atomic mass is 16.5. The summed E-state index contributed by atoms with van der Waals surface area (Å²) in [4.78, 5) is 148. The van der Waals surface area contributed by atoms with E-state index in [2.05, 4.69) is 16.0 Å². The van der Waals surface area contributed by atoms with E-state index in [1.54, 1.807) is 47.6 Å². The number of amides is 9. The highest BCUT2D eigenvalue weighted by Crippen LogP contribution is 2.26. The molecule has 9 amide bonds. The van der Waals surface area contributed by atoms with Crippen molar-refractivity contribution in [2.45, 2.75) is 203 Å². The Balaban J connectivity index is 7.16. The molecule has 6 N–H and O–H groups in total. The number of carbonyl (C=O) groups excluding carboxylic acids is 10. The van der Waals surface area contributed by atoms with Crippen LogP contribution in [0.25, 0.3) is 0 Å². The normalized spacial score (nSPS) is 15.9. The molecular formula is C57H104N10O12. The van der Waals surface area contributed by atoms with E-state index in [1.807, 2.05) is 54.5 Å². The molecule has 0 aliphatic rings. The molecular weight excluding hydrogens is 1020 g/mol. The van der Waals surface area contributed by atoms with Crippen molar-refractivity contribution in [1.29, 1.82) is 0 Å². The molecule has 79 heavy (non-hydrogen) atoms. The summed E-state index contributed by atoms with van der Waals surface area (Å²) in [6, 6.07) is -10.2. The molecule has 0 heterocycles. The number of rotatable bonds is 33. The molecule has 0 radical (unpaired) electrons.